The van der Waals surface area contributed by atoms with Crippen molar-refractivity contribution in [2.75, 3.05) is 19.8 Å². The largest absolute Gasteiger partial charge is 0.394 e. The standard InChI is InChI=1S/C22H46O2Si/c1-25(2,22-16-12-11-13-17-22)21-15-10-8-6-4-3-5-7-9-14-19-24-20-18-23/h22-23H,3-21H2,1-2H3. The summed E-state index contributed by atoms with van der Waals surface area (Å²) in [5, 5.41) is 8.62. The zero-order valence-electron chi connectivity index (χ0n) is 17.4. The zero-order valence-corrected chi connectivity index (χ0v) is 18.4. The Balaban J connectivity index is 1.82. The van der Waals surface area contributed by atoms with Gasteiger partial charge in [0.25, 0.3) is 0 Å². The van der Waals surface area contributed by atoms with Gasteiger partial charge in [-0.15, -0.1) is 0 Å². The highest BCUT2D eigenvalue weighted by Crippen LogP contribution is 2.39. The molecule has 0 aliphatic heterocycles. The van der Waals surface area contributed by atoms with Crippen molar-refractivity contribution in [1.82, 2.24) is 0 Å². The molecule has 0 heterocycles. The van der Waals surface area contributed by atoms with Gasteiger partial charge in [-0.2, -0.15) is 0 Å². The predicted molar refractivity (Wildman–Crippen MR) is 113 cm³/mol. The maximum Gasteiger partial charge on any atom is 0.0697 e. The highest BCUT2D eigenvalue weighted by molar-refractivity contribution is 6.78. The fourth-order valence-corrected chi connectivity index (χ4v) is 7.99. The number of unbranched alkanes of at least 4 members (excludes halogenated alkanes) is 9. The van der Waals surface area contributed by atoms with Gasteiger partial charge in [-0.1, -0.05) is 109 Å². The highest BCUT2D eigenvalue weighted by Gasteiger charge is 2.31. The van der Waals surface area contributed by atoms with Crippen molar-refractivity contribution >= 4 is 8.07 Å². The molecule has 0 unspecified atom stereocenters. The van der Waals surface area contributed by atoms with Crippen molar-refractivity contribution in [2.24, 2.45) is 0 Å². The fraction of sp³-hybridized carbons (Fsp3) is 1.00. The smallest absolute Gasteiger partial charge is 0.0697 e. The average molecular weight is 371 g/mol. The molecular formula is C22H46O2Si. The summed E-state index contributed by atoms with van der Waals surface area (Å²) in [6, 6.07) is 1.58. The van der Waals surface area contributed by atoms with Crippen LogP contribution in [0.3, 0.4) is 0 Å². The van der Waals surface area contributed by atoms with Crippen molar-refractivity contribution in [3.05, 3.63) is 0 Å². The van der Waals surface area contributed by atoms with Crippen LogP contribution in [0.2, 0.25) is 24.7 Å². The van der Waals surface area contributed by atoms with Gasteiger partial charge in [-0.05, 0) is 12.0 Å². The minimum absolute atomic E-state index is 0.153. The topological polar surface area (TPSA) is 29.5 Å². The quantitative estimate of drug-likeness (QED) is 0.235. The molecule has 0 aromatic carbocycles. The van der Waals surface area contributed by atoms with E-state index in [1.807, 2.05) is 0 Å². The third-order valence-corrected chi connectivity index (χ3v) is 10.7. The van der Waals surface area contributed by atoms with Crippen molar-refractivity contribution in [1.29, 1.82) is 0 Å². The minimum atomic E-state index is -0.929. The number of hydrogen-bond donors (Lipinski definition) is 1. The van der Waals surface area contributed by atoms with Gasteiger partial charge in [0.2, 0.25) is 0 Å². The lowest BCUT2D eigenvalue weighted by atomic mass is 10.0. The normalized spacial score (nSPS) is 16.4. The van der Waals surface area contributed by atoms with Crippen LogP contribution in [0.1, 0.15) is 96.3 Å². The summed E-state index contributed by atoms with van der Waals surface area (Å²) in [5.74, 6) is 0. The molecule has 1 fully saturated rings. The summed E-state index contributed by atoms with van der Waals surface area (Å²) < 4.78 is 5.28. The van der Waals surface area contributed by atoms with E-state index in [0.29, 0.717) is 6.61 Å². The molecule has 0 saturated heterocycles. The first-order chi connectivity index (χ1) is 12.2. The van der Waals surface area contributed by atoms with Gasteiger partial charge >= 0.3 is 0 Å². The fourth-order valence-electron chi connectivity index (χ4n) is 4.45. The van der Waals surface area contributed by atoms with Crippen LogP contribution in [0.15, 0.2) is 0 Å². The molecule has 0 atom stereocenters. The number of ether oxygens (including phenoxy) is 1. The van der Waals surface area contributed by atoms with Crippen molar-refractivity contribution in [3.8, 4) is 0 Å². The second kappa shape index (κ2) is 15.2. The number of aliphatic hydroxyl groups excluding tert-OH is 1. The van der Waals surface area contributed by atoms with E-state index in [4.69, 9.17) is 9.84 Å². The van der Waals surface area contributed by atoms with Gasteiger partial charge in [0.15, 0.2) is 0 Å². The van der Waals surface area contributed by atoms with Gasteiger partial charge in [0, 0.05) is 6.61 Å². The van der Waals surface area contributed by atoms with Crippen molar-refractivity contribution in [2.45, 2.75) is 121 Å². The lowest BCUT2D eigenvalue weighted by molar-refractivity contribution is 0.0895. The second-order valence-electron chi connectivity index (χ2n) is 8.95. The zero-order chi connectivity index (χ0) is 18.2. The van der Waals surface area contributed by atoms with Crippen LogP contribution < -0.4 is 0 Å². The molecule has 1 N–H and O–H groups in total. The minimum Gasteiger partial charge on any atom is -0.394 e. The highest BCUT2D eigenvalue weighted by atomic mass is 28.3. The molecule has 0 spiro atoms. The molecule has 1 aliphatic rings. The third kappa shape index (κ3) is 12.2. The Morgan fingerprint density at radius 2 is 1.24 bits per heavy atom. The molecule has 3 heteroatoms. The molecule has 150 valence electrons. The van der Waals surface area contributed by atoms with E-state index < -0.39 is 8.07 Å². The molecule has 0 bridgehead atoms. The summed E-state index contributed by atoms with van der Waals surface area (Å²) in [7, 11) is -0.929. The summed E-state index contributed by atoms with van der Waals surface area (Å²) in [6.07, 6.45) is 21.5. The van der Waals surface area contributed by atoms with E-state index in [1.54, 1.807) is 18.9 Å². The second-order valence-corrected chi connectivity index (χ2v) is 14.2. The predicted octanol–water partition coefficient (Wildman–Crippen LogP) is 6.94. The van der Waals surface area contributed by atoms with Crippen molar-refractivity contribution in [3.63, 3.8) is 0 Å². The molecular weight excluding hydrogens is 324 g/mol. The lowest BCUT2D eigenvalue weighted by Gasteiger charge is -2.35. The number of rotatable bonds is 16. The Morgan fingerprint density at radius 3 is 1.80 bits per heavy atom. The molecule has 25 heavy (non-hydrogen) atoms. The third-order valence-electron chi connectivity index (χ3n) is 6.31. The van der Waals surface area contributed by atoms with Crippen LogP contribution in [-0.2, 0) is 4.74 Å². The monoisotopic (exact) mass is 370 g/mol. The first-order valence-corrected chi connectivity index (χ1v) is 14.6. The first kappa shape index (κ1) is 23.2. The number of hydrogen-bond acceptors (Lipinski definition) is 2. The van der Waals surface area contributed by atoms with Crippen LogP contribution in [0.4, 0.5) is 0 Å². The molecule has 1 rings (SSSR count). The van der Waals surface area contributed by atoms with Crippen molar-refractivity contribution < 1.29 is 9.84 Å². The molecule has 0 radical (unpaired) electrons. The number of aliphatic hydroxyl groups is 1. The van der Waals surface area contributed by atoms with Crippen LogP contribution >= 0.6 is 0 Å². The maximum absolute atomic E-state index is 8.62. The van der Waals surface area contributed by atoms with E-state index in [1.165, 1.54) is 77.0 Å². The van der Waals surface area contributed by atoms with Gasteiger partial charge in [-0.3, -0.25) is 0 Å². The summed E-state index contributed by atoms with van der Waals surface area (Å²) in [6.45, 7) is 6.80. The van der Waals surface area contributed by atoms with Crippen LogP contribution in [0, 0.1) is 0 Å². The Morgan fingerprint density at radius 1 is 0.720 bits per heavy atom. The van der Waals surface area contributed by atoms with Gasteiger partial charge in [-0.25, -0.2) is 0 Å². The van der Waals surface area contributed by atoms with Gasteiger partial charge in [0.05, 0.1) is 21.3 Å². The van der Waals surface area contributed by atoms with E-state index in [-0.39, 0.29) is 6.61 Å². The van der Waals surface area contributed by atoms with E-state index in [9.17, 15) is 0 Å². The van der Waals surface area contributed by atoms with E-state index >= 15 is 0 Å². The Kier molecular flexibility index (Phi) is 14.1. The van der Waals surface area contributed by atoms with E-state index in [0.717, 1.165) is 18.6 Å². The average Bonchev–Trinajstić information content (AvgIpc) is 2.63. The Bertz CT molecular complexity index is 288. The lowest BCUT2D eigenvalue weighted by Crippen LogP contribution is -2.33. The SMILES string of the molecule is C[Si](C)(CCCCCCCCCCCCOCCO)C1CCCCC1. The summed E-state index contributed by atoms with van der Waals surface area (Å²) >= 11 is 0. The van der Waals surface area contributed by atoms with Crippen LogP contribution in [0.25, 0.3) is 0 Å². The maximum atomic E-state index is 8.62. The Hall–Kier alpha value is 0.137. The summed E-state index contributed by atoms with van der Waals surface area (Å²) in [4.78, 5) is 0. The van der Waals surface area contributed by atoms with Crippen LogP contribution in [-0.4, -0.2) is 33.0 Å². The Labute approximate surface area is 159 Å². The van der Waals surface area contributed by atoms with Gasteiger partial charge < -0.3 is 9.84 Å². The molecule has 0 aromatic heterocycles. The van der Waals surface area contributed by atoms with Crippen LogP contribution in [0.5, 0.6) is 0 Å². The molecule has 0 aromatic rings. The van der Waals surface area contributed by atoms with E-state index in [2.05, 4.69) is 13.1 Å². The van der Waals surface area contributed by atoms with Gasteiger partial charge in [0.1, 0.15) is 0 Å². The first-order valence-electron chi connectivity index (χ1n) is 11.4. The molecule has 0 amide bonds. The molecule has 2 nitrogen and oxygen atoms in total. The summed E-state index contributed by atoms with van der Waals surface area (Å²) in [5.41, 5.74) is 1.13. The molecule has 1 aliphatic carbocycles. The molecule has 1 saturated carbocycles.